The van der Waals surface area contributed by atoms with Crippen molar-refractivity contribution in [3.05, 3.63) is 39.7 Å². The van der Waals surface area contributed by atoms with E-state index in [0.717, 1.165) is 6.07 Å². The van der Waals surface area contributed by atoms with Crippen LogP contribution in [0.5, 0.6) is 0 Å². The predicted molar refractivity (Wildman–Crippen MR) is 86.1 cm³/mol. The standard InChI is InChI=1S/C16H22FN3O4/c1-16(2,3)24-15(21)19-8-6-18(7-9-19)11-12-4-5-13(17)14(10-12)20(22)23/h4-5,10H,6-9,11H2,1-3H3. The first-order valence-electron chi connectivity index (χ1n) is 7.79. The van der Waals surface area contributed by atoms with E-state index in [1.54, 1.807) is 11.0 Å². The van der Waals surface area contributed by atoms with E-state index >= 15 is 0 Å². The van der Waals surface area contributed by atoms with E-state index in [-0.39, 0.29) is 6.09 Å². The highest BCUT2D eigenvalue weighted by Crippen LogP contribution is 2.20. The SMILES string of the molecule is CC(C)(C)OC(=O)N1CCN(Cc2ccc(F)c([N+](=O)[O-])c2)CC1. The van der Waals surface area contributed by atoms with Crippen molar-refractivity contribution >= 4 is 11.8 Å². The first kappa shape index (κ1) is 18.1. The Kier molecular flexibility index (Phi) is 5.38. The number of carbonyl (C=O) groups excluding carboxylic acids is 1. The second-order valence-electron chi connectivity index (χ2n) is 6.79. The van der Waals surface area contributed by atoms with E-state index in [0.29, 0.717) is 38.3 Å². The quantitative estimate of drug-likeness (QED) is 0.625. The Morgan fingerprint density at radius 2 is 1.92 bits per heavy atom. The molecule has 1 aromatic carbocycles. The lowest BCUT2D eigenvalue weighted by Gasteiger charge is -2.35. The van der Waals surface area contributed by atoms with Crippen LogP contribution in [0.25, 0.3) is 0 Å². The van der Waals surface area contributed by atoms with Gasteiger partial charge in [-0.2, -0.15) is 4.39 Å². The third kappa shape index (κ3) is 4.89. The minimum atomic E-state index is -0.835. The molecule has 2 rings (SSSR count). The summed E-state index contributed by atoms with van der Waals surface area (Å²) in [5.41, 5.74) is -0.366. The summed E-state index contributed by atoms with van der Waals surface area (Å²) >= 11 is 0. The number of benzene rings is 1. The van der Waals surface area contributed by atoms with Gasteiger partial charge in [-0.3, -0.25) is 15.0 Å². The van der Waals surface area contributed by atoms with Crippen molar-refractivity contribution in [2.24, 2.45) is 0 Å². The molecule has 132 valence electrons. The summed E-state index contributed by atoms with van der Waals surface area (Å²) in [5, 5.41) is 10.8. The molecular weight excluding hydrogens is 317 g/mol. The van der Waals surface area contributed by atoms with Gasteiger partial charge in [0.25, 0.3) is 0 Å². The van der Waals surface area contributed by atoms with Crippen molar-refractivity contribution in [3.8, 4) is 0 Å². The summed E-state index contributed by atoms with van der Waals surface area (Å²) in [6.45, 7) is 8.25. The fraction of sp³-hybridized carbons (Fsp3) is 0.562. The highest BCUT2D eigenvalue weighted by atomic mass is 19.1. The Labute approximate surface area is 140 Å². The lowest BCUT2D eigenvalue weighted by Crippen LogP contribution is -2.49. The first-order valence-corrected chi connectivity index (χ1v) is 7.79. The summed E-state index contributed by atoms with van der Waals surface area (Å²) in [5.74, 6) is -0.835. The monoisotopic (exact) mass is 339 g/mol. The molecule has 24 heavy (non-hydrogen) atoms. The number of nitrogens with zero attached hydrogens (tertiary/aromatic N) is 3. The molecule has 1 aliphatic rings. The largest absolute Gasteiger partial charge is 0.444 e. The van der Waals surface area contributed by atoms with Crippen molar-refractivity contribution in [2.75, 3.05) is 26.2 Å². The smallest absolute Gasteiger partial charge is 0.410 e. The molecule has 1 fully saturated rings. The average Bonchev–Trinajstić information content (AvgIpc) is 2.48. The summed E-state index contributed by atoms with van der Waals surface area (Å²) in [7, 11) is 0. The van der Waals surface area contributed by atoms with Gasteiger partial charge in [-0.15, -0.1) is 0 Å². The Hall–Kier alpha value is -2.22. The van der Waals surface area contributed by atoms with Crippen LogP contribution >= 0.6 is 0 Å². The van der Waals surface area contributed by atoms with Gasteiger partial charge >= 0.3 is 11.8 Å². The molecule has 0 N–H and O–H groups in total. The maximum atomic E-state index is 13.4. The minimum Gasteiger partial charge on any atom is -0.444 e. The second kappa shape index (κ2) is 7.12. The van der Waals surface area contributed by atoms with E-state index in [9.17, 15) is 19.3 Å². The molecule has 7 nitrogen and oxygen atoms in total. The fourth-order valence-corrected chi connectivity index (χ4v) is 2.47. The van der Waals surface area contributed by atoms with Crippen LogP contribution in [-0.4, -0.2) is 52.6 Å². The molecule has 1 aliphatic heterocycles. The van der Waals surface area contributed by atoms with Gasteiger partial charge in [0.15, 0.2) is 0 Å². The molecule has 0 spiro atoms. The number of nitro groups is 1. The van der Waals surface area contributed by atoms with Crippen LogP contribution < -0.4 is 0 Å². The molecule has 0 unspecified atom stereocenters. The van der Waals surface area contributed by atoms with Gasteiger partial charge in [0, 0.05) is 38.8 Å². The third-order valence-corrected chi connectivity index (χ3v) is 3.64. The first-order chi connectivity index (χ1) is 11.2. The van der Waals surface area contributed by atoms with E-state index < -0.39 is 22.0 Å². The van der Waals surface area contributed by atoms with Gasteiger partial charge in [-0.05, 0) is 32.4 Å². The second-order valence-corrected chi connectivity index (χ2v) is 6.79. The maximum Gasteiger partial charge on any atom is 0.410 e. The van der Waals surface area contributed by atoms with E-state index in [1.165, 1.54) is 6.07 Å². The van der Waals surface area contributed by atoms with Crippen LogP contribution in [0.2, 0.25) is 0 Å². The van der Waals surface area contributed by atoms with Crippen LogP contribution in [-0.2, 0) is 11.3 Å². The lowest BCUT2D eigenvalue weighted by molar-refractivity contribution is -0.387. The zero-order chi connectivity index (χ0) is 17.9. The molecular formula is C16H22FN3O4. The van der Waals surface area contributed by atoms with Gasteiger partial charge in [-0.25, -0.2) is 4.79 Å². The number of rotatable bonds is 3. The molecule has 0 aliphatic carbocycles. The van der Waals surface area contributed by atoms with E-state index in [2.05, 4.69) is 4.90 Å². The number of carbonyl (C=O) groups is 1. The van der Waals surface area contributed by atoms with Crippen molar-refractivity contribution in [1.82, 2.24) is 9.80 Å². The van der Waals surface area contributed by atoms with Crippen LogP contribution in [0, 0.1) is 15.9 Å². The van der Waals surface area contributed by atoms with Gasteiger partial charge in [0.2, 0.25) is 5.82 Å². The average molecular weight is 339 g/mol. The molecule has 0 aromatic heterocycles. The molecule has 0 radical (unpaired) electrons. The van der Waals surface area contributed by atoms with Crippen molar-refractivity contribution in [2.45, 2.75) is 32.9 Å². The normalized spacial score (nSPS) is 16.1. The Morgan fingerprint density at radius 1 is 1.29 bits per heavy atom. The van der Waals surface area contributed by atoms with Crippen molar-refractivity contribution < 1.29 is 18.8 Å². The zero-order valence-electron chi connectivity index (χ0n) is 14.1. The Bertz CT molecular complexity index is 622. The molecule has 1 amide bonds. The third-order valence-electron chi connectivity index (χ3n) is 3.64. The van der Waals surface area contributed by atoms with Crippen molar-refractivity contribution in [1.29, 1.82) is 0 Å². The molecule has 1 saturated heterocycles. The zero-order valence-corrected chi connectivity index (χ0v) is 14.1. The highest BCUT2D eigenvalue weighted by Gasteiger charge is 2.26. The number of ether oxygens (including phenoxy) is 1. The predicted octanol–water partition coefficient (Wildman–Crippen LogP) is 2.79. The Morgan fingerprint density at radius 3 is 2.46 bits per heavy atom. The van der Waals surface area contributed by atoms with Crippen LogP contribution in [0.1, 0.15) is 26.3 Å². The molecule has 0 saturated carbocycles. The van der Waals surface area contributed by atoms with E-state index in [1.807, 2.05) is 20.8 Å². The van der Waals surface area contributed by atoms with Crippen LogP contribution in [0.3, 0.4) is 0 Å². The minimum absolute atomic E-state index is 0.334. The summed E-state index contributed by atoms with van der Waals surface area (Å²) < 4.78 is 18.7. The molecule has 0 atom stereocenters. The number of hydrogen-bond donors (Lipinski definition) is 0. The number of hydrogen-bond acceptors (Lipinski definition) is 5. The van der Waals surface area contributed by atoms with Crippen LogP contribution in [0.4, 0.5) is 14.9 Å². The topological polar surface area (TPSA) is 75.9 Å². The molecule has 0 bridgehead atoms. The number of piperazine rings is 1. The summed E-state index contributed by atoms with van der Waals surface area (Å²) in [4.78, 5) is 25.8. The van der Waals surface area contributed by atoms with Crippen LogP contribution in [0.15, 0.2) is 18.2 Å². The Balaban J connectivity index is 1.90. The van der Waals surface area contributed by atoms with Gasteiger partial charge in [0.1, 0.15) is 5.60 Å². The molecule has 8 heteroatoms. The van der Waals surface area contributed by atoms with E-state index in [4.69, 9.17) is 4.74 Å². The fourth-order valence-electron chi connectivity index (χ4n) is 2.47. The number of halogens is 1. The molecule has 1 aromatic rings. The maximum absolute atomic E-state index is 13.4. The highest BCUT2D eigenvalue weighted by molar-refractivity contribution is 5.68. The lowest BCUT2D eigenvalue weighted by atomic mass is 10.1. The van der Waals surface area contributed by atoms with Crippen molar-refractivity contribution in [3.63, 3.8) is 0 Å². The summed E-state index contributed by atoms with van der Waals surface area (Å²) in [6, 6.07) is 3.92. The van der Waals surface area contributed by atoms with Gasteiger partial charge < -0.3 is 9.64 Å². The molecule has 1 heterocycles. The number of amides is 1. The number of nitro benzene ring substituents is 1. The van der Waals surface area contributed by atoms with Gasteiger partial charge in [0.05, 0.1) is 4.92 Å². The summed E-state index contributed by atoms with van der Waals surface area (Å²) in [6.07, 6.45) is -0.334. The van der Waals surface area contributed by atoms with Gasteiger partial charge in [-0.1, -0.05) is 6.07 Å².